The van der Waals surface area contributed by atoms with Gasteiger partial charge >= 0.3 is 0 Å². The van der Waals surface area contributed by atoms with E-state index in [1.807, 2.05) is 0 Å². The Morgan fingerprint density at radius 3 is 2.95 bits per heavy atom. The van der Waals surface area contributed by atoms with Crippen LogP contribution in [0.2, 0.25) is 0 Å². The Bertz CT molecular complexity index is 499. The molecule has 1 atom stereocenters. The van der Waals surface area contributed by atoms with Crippen molar-refractivity contribution >= 4 is 5.91 Å². The quantitative estimate of drug-likeness (QED) is 0.876. The van der Waals surface area contributed by atoms with E-state index in [2.05, 4.69) is 27.3 Å². The fraction of sp³-hybridized carbons (Fsp3) is 0.800. The van der Waals surface area contributed by atoms with Gasteiger partial charge in [-0.1, -0.05) is 18.5 Å². The second kappa shape index (κ2) is 7.19. The van der Waals surface area contributed by atoms with Crippen molar-refractivity contribution in [1.82, 2.24) is 20.4 Å². The summed E-state index contributed by atoms with van der Waals surface area (Å²) in [6.45, 7) is 5.70. The Hall–Kier alpha value is -1.47. The van der Waals surface area contributed by atoms with E-state index in [-0.39, 0.29) is 11.9 Å². The molecule has 2 aliphatic heterocycles. The molecule has 3 rings (SSSR count). The maximum absolute atomic E-state index is 12.0. The third-order valence-electron chi connectivity index (χ3n) is 4.40. The van der Waals surface area contributed by atoms with Gasteiger partial charge in [0.05, 0.1) is 12.6 Å². The minimum atomic E-state index is -0.0798. The molecule has 0 spiro atoms. The summed E-state index contributed by atoms with van der Waals surface area (Å²) in [6.07, 6.45) is 3.71. The van der Waals surface area contributed by atoms with Crippen molar-refractivity contribution in [2.45, 2.75) is 51.1 Å². The molecule has 2 saturated heterocycles. The number of amides is 1. The molecular formula is C15H24N4O3. The summed E-state index contributed by atoms with van der Waals surface area (Å²) >= 11 is 0. The molecule has 7 heteroatoms. The van der Waals surface area contributed by atoms with Gasteiger partial charge in [0.25, 0.3) is 0 Å². The van der Waals surface area contributed by atoms with Crippen LogP contribution in [0.15, 0.2) is 4.52 Å². The fourth-order valence-corrected chi connectivity index (χ4v) is 3.16. The molecule has 3 heterocycles. The van der Waals surface area contributed by atoms with Crippen molar-refractivity contribution in [3.63, 3.8) is 0 Å². The summed E-state index contributed by atoms with van der Waals surface area (Å²) in [4.78, 5) is 18.7. The Balaban J connectivity index is 1.64. The molecule has 2 aliphatic rings. The van der Waals surface area contributed by atoms with Crippen molar-refractivity contribution in [3.05, 3.63) is 11.7 Å². The molecule has 1 N–H and O–H groups in total. The van der Waals surface area contributed by atoms with E-state index in [9.17, 15) is 4.79 Å². The number of hydrogen-bond donors (Lipinski definition) is 1. The standard InChI is InChI=1S/C15H24N4O3/c1-2-3-12-14(20)16-6-7-19(12)10-13-17-15(22-18-13)11-4-8-21-9-5-11/h11-12H,2-10H2,1H3,(H,16,20)/t12-/m0/s1. The van der Waals surface area contributed by atoms with E-state index < -0.39 is 0 Å². The molecule has 7 nitrogen and oxygen atoms in total. The van der Waals surface area contributed by atoms with E-state index in [0.29, 0.717) is 30.7 Å². The summed E-state index contributed by atoms with van der Waals surface area (Å²) in [5.74, 6) is 1.82. The SMILES string of the molecule is CCC[C@H]1C(=O)NCCN1Cc1noc(C2CCOCC2)n1. The minimum absolute atomic E-state index is 0.0798. The summed E-state index contributed by atoms with van der Waals surface area (Å²) in [7, 11) is 0. The maximum Gasteiger partial charge on any atom is 0.237 e. The van der Waals surface area contributed by atoms with Crippen LogP contribution in [0.4, 0.5) is 0 Å². The highest BCUT2D eigenvalue weighted by atomic mass is 16.5. The Kier molecular flexibility index (Phi) is 5.04. The first-order valence-electron chi connectivity index (χ1n) is 8.20. The zero-order valence-corrected chi connectivity index (χ0v) is 13.1. The van der Waals surface area contributed by atoms with Crippen LogP contribution in [-0.2, 0) is 16.1 Å². The first-order chi connectivity index (χ1) is 10.8. The molecule has 0 radical (unpaired) electrons. The summed E-state index contributed by atoms with van der Waals surface area (Å²) in [5.41, 5.74) is 0. The number of nitrogens with one attached hydrogen (secondary N) is 1. The van der Waals surface area contributed by atoms with Gasteiger partial charge in [0.1, 0.15) is 0 Å². The van der Waals surface area contributed by atoms with Gasteiger partial charge in [-0.2, -0.15) is 4.98 Å². The molecular weight excluding hydrogens is 284 g/mol. The number of piperazine rings is 1. The predicted molar refractivity (Wildman–Crippen MR) is 79.2 cm³/mol. The van der Waals surface area contributed by atoms with Gasteiger partial charge in [-0.15, -0.1) is 0 Å². The fourth-order valence-electron chi connectivity index (χ4n) is 3.16. The summed E-state index contributed by atoms with van der Waals surface area (Å²) < 4.78 is 10.8. The van der Waals surface area contributed by atoms with Crippen LogP contribution < -0.4 is 5.32 Å². The zero-order valence-electron chi connectivity index (χ0n) is 13.1. The highest BCUT2D eigenvalue weighted by Crippen LogP contribution is 2.25. The smallest absolute Gasteiger partial charge is 0.237 e. The van der Waals surface area contributed by atoms with Crippen LogP contribution in [0.25, 0.3) is 0 Å². The average Bonchev–Trinajstić information content (AvgIpc) is 3.00. The van der Waals surface area contributed by atoms with Crippen LogP contribution in [0.1, 0.15) is 50.2 Å². The van der Waals surface area contributed by atoms with Crippen LogP contribution in [-0.4, -0.2) is 53.3 Å². The summed E-state index contributed by atoms with van der Waals surface area (Å²) in [6, 6.07) is -0.0798. The first-order valence-corrected chi connectivity index (χ1v) is 8.20. The lowest BCUT2D eigenvalue weighted by Gasteiger charge is -2.33. The van der Waals surface area contributed by atoms with Gasteiger partial charge in [-0.3, -0.25) is 9.69 Å². The molecule has 1 amide bonds. The molecule has 1 aromatic rings. The van der Waals surface area contributed by atoms with Crippen molar-refractivity contribution < 1.29 is 14.1 Å². The normalized spacial score (nSPS) is 24.4. The van der Waals surface area contributed by atoms with Crippen molar-refractivity contribution in [2.75, 3.05) is 26.3 Å². The summed E-state index contributed by atoms with van der Waals surface area (Å²) in [5, 5.41) is 7.04. The van der Waals surface area contributed by atoms with Crippen molar-refractivity contribution in [1.29, 1.82) is 0 Å². The largest absolute Gasteiger partial charge is 0.381 e. The Labute approximate surface area is 130 Å². The number of hydrogen-bond acceptors (Lipinski definition) is 6. The lowest BCUT2D eigenvalue weighted by atomic mass is 10.0. The van der Waals surface area contributed by atoms with Crippen LogP contribution in [0.3, 0.4) is 0 Å². The third kappa shape index (κ3) is 3.47. The molecule has 0 bridgehead atoms. The van der Waals surface area contributed by atoms with Crippen LogP contribution in [0, 0.1) is 0 Å². The molecule has 1 aromatic heterocycles. The van der Waals surface area contributed by atoms with E-state index in [0.717, 1.165) is 45.4 Å². The zero-order chi connectivity index (χ0) is 15.4. The molecule has 22 heavy (non-hydrogen) atoms. The molecule has 0 aromatic carbocycles. The number of ether oxygens (including phenoxy) is 1. The average molecular weight is 308 g/mol. The van der Waals surface area contributed by atoms with Crippen molar-refractivity contribution in [2.24, 2.45) is 0 Å². The van der Waals surface area contributed by atoms with Crippen LogP contribution in [0.5, 0.6) is 0 Å². The molecule has 0 saturated carbocycles. The van der Waals surface area contributed by atoms with E-state index in [1.54, 1.807) is 0 Å². The predicted octanol–water partition coefficient (Wildman–Crippen LogP) is 1.06. The Morgan fingerprint density at radius 2 is 2.18 bits per heavy atom. The highest BCUT2D eigenvalue weighted by molar-refractivity contribution is 5.82. The van der Waals surface area contributed by atoms with Gasteiger partial charge in [0.2, 0.25) is 11.8 Å². The van der Waals surface area contributed by atoms with Gasteiger partial charge < -0.3 is 14.6 Å². The molecule has 0 unspecified atom stereocenters. The van der Waals surface area contributed by atoms with E-state index >= 15 is 0 Å². The first kappa shape index (κ1) is 15.4. The lowest BCUT2D eigenvalue weighted by molar-refractivity contribution is -0.129. The minimum Gasteiger partial charge on any atom is -0.381 e. The van der Waals surface area contributed by atoms with E-state index in [1.165, 1.54) is 0 Å². The number of rotatable bonds is 5. The number of nitrogens with zero attached hydrogens (tertiary/aromatic N) is 3. The maximum atomic E-state index is 12.0. The van der Waals surface area contributed by atoms with Crippen LogP contribution >= 0.6 is 0 Å². The van der Waals surface area contributed by atoms with Gasteiger partial charge in [0.15, 0.2) is 5.82 Å². The third-order valence-corrected chi connectivity index (χ3v) is 4.40. The number of carbonyl (C=O) groups is 1. The van der Waals surface area contributed by atoms with Gasteiger partial charge in [-0.05, 0) is 19.3 Å². The molecule has 122 valence electrons. The lowest BCUT2D eigenvalue weighted by Crippen LogP contribution is -2.54. The van der Waals surface area contributed by atoms with E-state index in [4.69, 9.17) is 9.26 Å². The molecule has 0 aliphatic carbocycles. The van der Waals surface area contributed by atoms with Gasteiger partial charge in [-0.25, -0.2) is 0 Å². The highest BCUT2D eigenvalue weighted by Gasteiger charge is 2.30. The van der Waals surface area contributed by atoms with Crippen molar-refractivity contribution in [3.8, 4) is 0 Å². The second-order valence-corrected chi connectivity index (χ2v) is 6.00. The number of aromatic nitrogens is 2. The molecule has 2 fully saturated rings. The number of carbonyl (C=O) groups excluding carboxylic acids is 1. The Morgan fingerprint density at radius 1 is 1.36 bits per heavy atom. The van der Waals surface area contributed by atoms with Gasteiger partial charge in [0, 0.05) is 32.2 Å². The second-order valence-electron chi connectivity index (χ2n) is 6.00. The topological polar surface area (TPSA) is 80.5 Å². The monoisotopic (exact) mass is 308 g/mol.